The molecule has 0 aromatic heterocycles. The van der Waals surface area contributed by atoms with E-state index < -0.39 is 0 Å². The van der Waals surface area contributed by atoms with Gasteiger partial charge in [-0.25, -0.2) is 0 Å². The topological polar surface area (TPSA) is 38.0 Å². The Morgan fingerprint density at radius 2 is 2.00 bits per heavy atom. The number of halogens is 2. The molecule has 1 aromatic rings. The van der Waals surface area contributed by atoms with Crippen LogP contribution < -0.4 is 11.1 Å². The molecule has 0 radical (unpaired) electrons. The Labute approximate surface area is 101 Å². The maximum atomic E-state index is 6.10. The van der Waals surface area contributed by atoms with Gasteiger partial charge >= 0.3 is 0 Å². The highest BCUT2D eigenvalue weighted by Gasteiger charge is 2.11. The van der Waals surface area contributed by atoms with E-state index in [-0.39, 0.29) is 12.1 Å². The van der Waals surface area contributed by atoms with Crippen LogP contribution in [0.25, 0.3) is 0 Å². The van der Waals surface area contributed by atoms with Crippen LogP contribution in [0.3, 0.4) is 0 Å². The Balaban J connectivity index is 2.77. The largest absolute Gasteiger partial charge is 0.329 e. The van der Waals surface area contributed by atoms with Crippen LogP contribution >= 0.6 is 23.2 Å². The van der Waals surface area contributed by atoms with Gasteiger partial charge < -0.3 is 11.1 Å². The number of nitrogens with one attached hydrogen (secondary N) is 1. The van der Waals surface area contributed by atoms with Crippen LogP contribution in [0.5, 0.6) is 0 Å². The van der Waals surface area contributed by atoms with Crippen molar-refractivity contribution in [3.63, 3.8) is 0 Å². The molecule has 0 heterocycles. The molecule has 0 bridgehead atoms. The number of hydrogen-bond acceptors (Lipinski definition) is 2. The van der Waals surface area contributed by atoms with Gasteiger partial charge in [-0.3, -0.25) is 0 Å². The van der Waals surface area contributed by atoms with Gasteiger partial charge in [0.2, 0.25) is 0 Å². The summed E-state index contributed by atoms with van der Waals surface area (Å²) in [7, 11) is 0. The highest BCUT2D eigenvalue weighted by Crippen LogP contribution is 2.26. The molecule has 0 spiro atoms. The van der Waals surface area contributed by atoms with Gasteiger partial charge in [0.1, 0.15) is 0 Å². The molecule has 0 aliphatic rings. The first-order valence-electron chi connectivity index (χ1n) is 4.95. The summed E-state index contributed by atoms with van der Waals surface area (Å²) in [6.45, 7) is 4.71. The zero-order chi connectivity index (χ0) is 11.4. The van der Waals surface area contributed by atoms with Gasteiger partial charge in [-0.2, -0.15) is 0 Å². The first-order valence-corrected chi connectivity index (χ1v) is 5.71. The average molecular weight is 247 g/mol. The van der Waals surface area contributed by atoms with Crippen molar-refractivity contribution in [1.82, 2.24) is 5.32 Å². The third-order valence-corrected chi connectivity index (χ3v) is 2.88. The zero-order valence-electron chi connectivity index (χ0n) is 8.93. The minimum absolute atomic E-state index is 0.174. The monoisotopic (exact) mass is 246 g/mol. The van der Waals surface area contributed by atoms with E-state index in [1.165, 1.54) is 0 Å². The van der Waals surface area contributed by atoms with Crippen LogP contribution in [-0.4, -0.2) is 12.6 Å². The van der Waals surface area contributed by atoms with Gasteiger partial charge in [0.05, 0.1) is 0 Å². The molecule has 4 heteroatoms. The smallest absolute Gasteiger partial charge is 0.0468 e. The highest BCUT2D eigenvalue weighted by molar-refractivity contribution is 6.35. The second-order valence-electron chi connectivity index (χ2n) is 3.69. The molecule has 0 fully saturated rings. The summed E-state index contributed by atoms with van der Waals surface area (Å²) < 4.78 is 0. The lowest BCUT2D eigenvalue weighted by Crippen LogP contribution is -2.35. The van der Waals surface area contributed by atoms with E-state index in [1.807, 2.05) is 19.1 Å². The van der Waals surface area contributed by atoms with Crippen molar-refractivity contribution in [2.24, 2.45) is 5.73 Å². The molecule has 1 aromatic carbocycles. The van der Waals surface area contributed by atoms with Gasteiger partial charge in [-0.15, -0.1) is 0 Å². The van der Waals surface area contributed by atoms with Crippen LogP contribution in [0, 0.1) is 0 Å². The predicted octanol–water partition coefficient (Wildman–Crippen LogP) is 2.99. The molecule has 2 nitrogen and oxygen atoms in total. The first kappa shape index (κ1) is 12.8. The van der Waals surface area contributed by atoms with Crippen molar-refractivity contribution in [3.8, 4) is 0 Å². The van der Waals surface area contributed by atoms with Gasteiger partial charge in [-0.05, 0) is 31.5 Å². The van der Waals surface area contributed by atoms with Crippen LogP contribution in [0.1, 0.15) is 25.5 Å². The normalized spacial score (nSPS) is 15.0. The summed E-state index contributed by atoms with van der Waals surface area (Å²) in [5.41, 5.74) is 6.59. The van der Waals surface area contributed by atoms with E-state index in [9.17, 15) is 0 Å². The fourth-order valence-electron chi connectivity index (χ4n) is 1.44. The van der Waals surface area contributed by atoms with E-state index in [1.54, 1.807) is 6.07 Å². The Morgan fingerprint density at radius 1 is 1.33 bits per heavy atom. The summed E-state index contributed by atoms with van der Waals surface area (Å²) in [5, 5.41) is 4.70. The first-order chi connectivity index (χ1) is 7.04. The van der Waals surface area contributed by atoms with Crippen molar-refractivity contribution in [2.75, 3.05) is 6.54 Å². The van der Waals surface area contributed by atoms with Crippen LogP contribution in [0.2, 0.25) is 10.0 Å². The molecule has 15 heavy (non-hydrogen) atoms. The lowest BCUT2D eigenvalue weighted by atomic mass is 10.1. The fraction of sp³-hybridized carbons (Fsp3) is 0.455. The van der Waals surface area contributed by atoms with E-state index in [0.717, 1.165) is 5.56 Å². The SMILES string of the molecule is CC(CN)NC(C)c1ccc(Cl)cc1Cl. The minimum atomic E-state index is 0.174. The summed E-state index contributed by atoms with van der Waals surface area (Å²) in [6, 6.07) is 5.98. The van der Waals surface area contributed by atoms with Gasteiger partial charge in [0, 0.05) is 28.7 Å². The molecular formula is C11H16Cl2N2. The summed E-state index contributed by atoms with van der Waals surface area (Å²) in [5.74, 6) is 0. The van der Waals surface area contributed by atoms with Crippen molar-refractivity contribution < 1.29 is 0 Å². The van der Waals surface area contributed by atoms with Crippen molar-refractivity contribution in [2.45, 2.75) is 25.9 Å². The third-order valence-electron chi connectivity index (χ3n) is 2.32. The number of hydrogen-bond donors (Lipinski definition) is 2. The number of nitrogens with two attached hydrogens (primary N) is 1. The predicted molar refractivity (Wildman–Crippen MR) is 66.5 cm³/mol. The third kappa shape index (κ3) is 3.65. The van der Waals surface area contributed by atoms with Crippen molar-refractivity contribution in [3.05, 3.63) is 33.8 Å². The second kappa shape index (κ2) is 5.71. The fourth-order valence-corrected chi connectivity index (χ4v) is 2.01. The zero-order valence-corrected chi connectivity index (χ0v) is 10.4. The second-order valence-corrected chi connectivity index (χ2v) is 4.53. The molecule has 1 rings (SSSR count). The highest BCUT2D eigenvalue weighted by atomic mass is 35.5. The van der Waals surface area contributed by atoms with Gasteiger partial charge in [-0.1, -0.05) is 29.3 Å². The number of rotatable bonds is 4. The maximum absolute atomic E-state index is 6.10. The van der Waals surface area contributed by atoms with E-state index in [2.05, 4.69) is 12.2 Å². The van der Waals surface area contributed by atoms with Crippen molar-refractivity contribution in [1.29, 1.82) is 0 Å². The van der Waals surface area contributed by atoms with Crippen molar-refractivity contribution >= 4 is 23.2 Å². The molecule has 0 saturated heterocycles. The molecule has 2 unspecified atom stereocenters. The number of benzene rings is 1. The van der Waals surface area contributed by atoms with E-state index in [4.69, 9.17) is 28.9 Å². The molecule has 84 valence electrons. The standard InChI is InChI=1S/C11H16Cl2N2/c1-7(6-14)15-8(2)10-4-3-9(12)5-11(10)13/h3-5,7-8,15H,6,14H2,1-2H3. The molecule has 3 N–H and O–H groups in total. The molecule has 0 amide bonds. The molecular weight excluding hydrogens is 231 g/mol. The van der Waals surface area contributed by atoms with Crippen LogP contribution in [0.4, 0.5) is 0 Å². The molecule has 2 atom stereocenters. The molecule has 0 saturated carbocycles. The van der Waals surface area contributed by atoms with E-state index >= 15 is 0 Å². The van der Waals surface area contributed by atoms with Gasteiger partial charge in [0.25, 0.3) is 0 Å². The summed E-state index contributed by atoms with van der Waals surface area (Å²) in [6.07, 6.45) is 0. The quantitative estimate of drug-likeness (QED) is 0.858. The molecule has 0 aliphatic heterocycles. The molecule has 0 aliphatic carbocycles. The Hall–Kier alpha value is -0.280. The van der Waals surface area contributed by atoms with Crippen LogP contribution in [0.15, 0.2) is 18.2 Å². The van der Waals surface area contributed by atoms with E-state index in [0.29, 0.717) is 16.6 Å². The Bertz CT molecular complexity index is 328. The van der Waals surface area contributed by atoms with Crippen LogP contribution in [-0.2, 0) is 0 Å². The minimum Gasteiger partial charge on any atom is -0.329 e. The lowest BCUT2D eigenvalue weighted by molar-refractivity contribution is 0.485. The lowest BCUT2D eigenvalue weighted by Gasteiger charge is -2.20. The Morgan fingerprint density at radius 3 is 2.53 bits per heavy atom. The maximum Gasteiger partial charge on any atom is 0.0468 e. The summed E-state index contributed by atoms with van der Waals surface area (Å²) >= 11 is 11.9. The Kier molecular flexibility index (Phi) is 4.87. The average Bonchev–Trinajstić information content (AvgIpc) is 2.17. The summed E-state index contributed by atoms with van der Waals surface area (Å²) in [4.78, 5) is 0. The van der Waals surface area contributed by atoms with Gasteiger partial charge in [0.15, 0.2) is 0 Å².